The maximum atomic E-state index is 12.3. The molecule has 1 aliphatic rings. The number of aromatic nitrogens is 2. The van der Waals surface area contributed by atoms with Gasteiger partial charge in [0.2, 0.25) is 0 Å². The van der Waals surface area contributed by atoms with Crippen molar-refractivity contribution in [3.8, 4) is 5.75 Å². The van der Waals surface area contributed by atoms with Crippen LogP contribution >= 0.6 is 0 Å². The van der Waals surface area contributed by atoms with Gasteiger partial charge in [0.1, 0.15) is 5.69 Å². The van der Waals surface area contributed by atoms with Crippen LogP contribution in [0.1, 0.15) is 23.4 Å². The van der Waals surface area contributed by atoms with Crippen molar-refractivity contribution in [2.24, 2.45) is 12.1 Å². The quantitative estimate of drug-likeness (QED) is 0.868. The Kier molecular flexibility index (Phi) is 4.14. The lowest BCUT2D eigenvalue weighted by molar-refractivity contribution is -0.132. The minimum atomic E-state index is -0.140. The summed E-state index contributed by atoms with van der Waals surface area (Å²) in [4.78, 5) is 12.3. The van der Waals surface area contributed by atoms with Crippen LogP contribution in [-0.2, 0) is 11.8 Å². The zero-order valence-corrected chi connectivity index (χ0v) is 13.6. The standard InChI is InChI=1S/C17H20N4O2/c1-12-17(13(2)20(3)18-12)23-11-16(22)21-10-9-15(19-21)14-7-5-4-6-8-14/h4-8H,9-11H2,1-3H3. The molecule has 1 amide bonds. The zero-order valence-electron chi connectivity index (χ0n) is 13.6. The Hall–Kier alpha value is -2.63. The monoisotopic (exact) mass is 312 g/mol. The summed E-state index contributed by atoms with van der Waals surface area (Å²) >= 11 is 0. The number of carbonyl (C=O) groups excluding carboxylic acids is 1. The van der Waals surface area contributed by atoms with Gasteiger partial charge in [-0.2, -0.15) is 10.2 Å². The average Bonchev–Trinajstić information content (AvgIpc) is 3.13. The van der Waals surface area contributed by atoms with Gasteiger partial charge in [0.05, 0.1) is 18.0 Å². The Morgan fingerprint density at radius 1 is 1.26 bits per heavy atom. The van der Waals surface area contributed by atoms with Crippen molar-refractivity contribution < 1.29 is 9.53 Å². The molecule has 0 aliphatic carbocycles. The van der Waals surface area contributed by atoms with Gasteiger partial charge in [-0.3, -0.25) is 9.48 Å². The predicted octanol–water partition coefficient (Wildman–Crippen LogP) is 2.05. The molecule has 1 aliphatic heterocycles. The molecule has 23 heavy (non-hydrogen) atoms. The third kappa shape index (κ3) is 3.11. The highest BCUT2D eigenvalue weighted by Gasteiger charge is 2.22. The van der Waals surface area contributed by atoms with Gasteiger partial charge in [-0.25, -0.2) is 5.01 Å². The molecule has 0 fully saturated rings. The summed E-state index contributed by atoms with van der Waals surface area (Å²) in [5, 5.41) is 10.2. The fourth-order valence-corrected chi connectivity index (χ4v) is 2.64. The van der Waals surface area contributed by atoms with Gasteiger partial charge < -0.3 is 4.74 Å². The number of hydrogen-bond donors (Lipinski definition) is 0. The second-order valence-corrected chi connectivity index (χ2v) is 5.59. The summed E-state index contributed by atoms with van der Waals surface area (Å²) in [6, 6.07) is 9.92. The molecule has 0 bridgehead atoms. The van der Waals surface area contributed by atoms with Gasteiger partial charge in [0.25, 0.3) is 5.91 Å². The molecule has 6 nitrogen and oxygen atoms in total. The number of amides is 1. The Labute approximate surface area is 135 Å². The summed E-state index contributed by atoms with van der Waals surface area (Å²) in [6.45, 7) is 4.35. The minimum absolute atomic E-state index is 0.0288. The number of hydrazone groups is 1. The van der Waals surface area contributed by atoms with E-state index in [-0.39, 0.29) is 12.5 Å². The fourth-order valence-electron chi connectivity index (χ4n) is 2.64. The second-order valence-electron chi connectivity index (χ2n) is 5.59. The van der Waals surface area contributed by atoms with Crippen LogP contribution in [0.25, 0.3) is 0 Å². The van der Waals surface area contributed by atoms with Gasteiger partial charge in [-0.05, 0) is 19.4 Å². The molecule has 0 spiro atoms. The van der Waals surface area contributed by atoms with E-state index in [4.69, 9.17) is 4.74 Å². The summed E-state index contributed by atoms with van der Waals surface area (Å²) in [6.07, 6.45) is 0.765. The minimum Gasteiger partial charge on any atom is -0.480 e. The molecule has 1 aromatic heterocycles. The molecule has 0 saturated heterocycles. The van der Waals surface area contributed by atoms with Crippen LogP contribution in [0.2, 0.25) is 0 Å². The number of benzene rings is 1. The number of hydrogen-bond acceptors (Lipinski definition) is 4. The maximum absolute atomic E-state index is 12.3. The Morgan fingerprint density at radius 2 is 2.00 bits per heavy atom. The molecule has 0 atom stereocenters. The first-order valence-electron chi connectivity index (χ1n) is 7.62. The van der Waals surface area contributed by atoms with Gasteiger partial charge in [-0.15, -0.1) is 0 Å². The zero-order chi connectivity index (χ0) is 16.4. The summed E-state index contributed by atoms with van der Waals surface area (Å²) in [7, 11) is 1.86. The van der Waals surface area contributed by atoms with E-state index in [1.54, 1.807) is 4.68 Å². The van der Waals surface area contributed by atoms with E-state index in [0.29, 0.717) is 12.3 Å². The lowest BCUT2D eigenvalue weighted by atomic mass is 10.1. The third-order valence-electron chi connectivity index (χ3n) is 3.98. The van der Waals surface area contributed by atoms with Gasteiger partial charge in [0.15, 0.2) is 12.4 Å². The molecule has 1 aromatic carbocycles. The van der Waals surface area contributed by atoms with Crippen molar-refractivity contribution in [3.63, 3.8) is 0 Å². The van der Waals surface area contributed by atoms with Crippen molar-refractivity contribution in [1.29, 1.82) is 0 Å². The van der Waals surface area contributed by atoms with Crippen LogP contribution in [0.4, 0.5) is 0 Å². The molecule has 120 valence electrons. The van der Waals surface area contributed by atoms with Crippen molar-refractivity contribution in [1.82, 2.24) is 14.8 Å². The lowest BCUT2D eigenvalue weighted by Crippen LogP contribution is -2.29. The number of carbonyl (C=O) groups is 1. The van der Waals surface area contributed by atoms with Crippen LogP contribution < -0.4 is 4.74 Å². The summed E-state index contributed by atoms with van der Waals surface area (Å²) < 4.78 is 7.41. The molecule has 0 saturated carbocycles. The average molecular weight is 312 g/mol. The molecule has 2 aromatic rings. The largest absolute Gasteiger partial charge is 0.480 e. The Balaban J connectivity index is 1.64. The van der Waals surface area contributed by atoms with E-state index < -0.39 is 0 Å². The lowest BCUT2D eigenvalue weighted by Gasteiger charge is -2.12. The normalized spacial score (nSPS) is 14.0. The summed E-state index contributed by atoms with van der Waals surface area (Å²) in [5.74, 6) is 0.533. The topological polar surface area (TPSA) is 59.7 Å². The molecular formula is C17H20N4O2. The van der Waals surface area contributed by atoms with Crippen LogP contribution in [0.3, 0.4) is 0 Å². The molecule has 6 heteroatoms. The van der Waals surface area contributed by atoms with Crippen molar-refractivity contribution in [3.05, 3.63) is 47.3 Å². The molecule has 2 heterocycles. The van der Waals surface area contributed by atoms with Gasteiger partial charge >= 0.3 is 0 Å². The van der Waals surface area contributed by atoms with Gasteiger partial charge in [0, 0.05) is 13.5 Å². The van der Waals surface area contributed by atoms with E-state index in [1.807, 2.05) is 51.2 Å². The number of nitrogens with zero attached hydrogens (tertiary/aromatic N) is 4. The highest BCUT2D eigenvalue weighted by Crippen LogP contribution is 2.21. The van der Waals surface area contributed by atoms with Crippen molar-refractivity contribution in [2.75, 3.05) is 13.2 Å². The first-order chi connectivity index (χ1) is 11.1. The maximum Gasteiger partial charge on any atom is 0.280 e. The molecule has 3 rings (SSSR count). The fraction of sp³-hybridized carbons (Fsp3) is 0.353. The number of rotatable bonds is 4. The van der Waals surface area contributed by atoms with E-state index >= 15 is 0 Å². The highest BCUT2D eigenvalue weighted by atomic mass is 16.5. The smallest absolute Gasteiger partial charge is 0.280 e. The van der Waals surface area contributed by atoms with Crippen LogP contribution in [0.15, 0.2) is 35.4 Å². The van der Waals surface area contributed by atoms with E-state index in [2.05, 4.69) is 10.2 Å². The van der Waals surface area contributed by atoms with E-state index in [0.717, 1.165) is 29.1 Å². The van der Waals surface area contributed by atoms with E-state index in [1.165, 1.54) is 5.01 Å². The number of aryl methyl sites for hydroxylation is 2. The van der Waals surface area contributed by atoms with Crippen molar-refractivity contribution >= 4 is 11.6 Å². The first-order valence-corrected chi connectivity index (χ1v) is 7.62. The SMILES string of the molecule is Cc1nn(C)c(C)c1OCC(=O)N1CCC(c2ccccc2)=N1. The third-order valence-corrected chi connectivity index (χ3v) is 3.98. The highest BCUT2D eigenvalue weighted by molar-refractivity contribution is 6.02. The predicted molar refractivity (Wildman–Crippen MR) is 87.5 cm³/mol. The van der Waals surface area contributed by atoms with E-state index in [9.17, 15) is 4.79 Å². The molecular weight excluding hydrogens is 292 g/mol. The first kappa shape index (κ1) is 15.3. The van der Waals surface area contributed by atoms with Gasteiger partial charge in [-0.1, -0.05) is 30.3 Å². The summed E-state index contributed by atoms with van der Waals surface area (Å²) in [5.41, 5.74) is 3.69. The Bertz CT molecular complexity index is 749. The van der Waals surface area contributed by atoms with Crippen molar-refractivity contribution in [2.45, 2.75) is 20.3 Å². The van der Waals surface area contributed by atoms with Crippen LogP contribution in [0.5, 0.6) is 5.75 Å². The second kappa shape index (κ2) is 6.24. The number of ether oxygens (including phenoxy) is 1. The molecule has 0 radical (unpaired) electrons. The van der Waals surface area contributed by atoms with Crippen LogP contribution in [0, 0.1) is 13.8 Å². The molecule has 0 unspecified atom stereocenters. The van der Waals surface area contributed by atoms with Crippen LogP contribution in [-0.4, -0.2) is 39.6 Å². The Morgan fingerprint density at radius 3 is 2.65 bits per heavy atom. The molecule has 0 N–H and O–H groups in total.